The molecule has 1 saturated carbocycles. The maximum atomic E-state index is 12.1. The molecule has 0 bridgehead atoms. The molecule has 1 fully saturated rings. The molecule has 1 aliphatic rings. The monoisotopic (exact) mass is 303 g/mol. The molecule has 2 amide bonds. The van der Waals surface area contributed by atoms with Gasteiger partial charge in [0, 0.05) is 12.2 Å². The first-order valence-corrected chi connectivity index (χ1v) is 7.68. The van der Waals surface area contributed by atoms with Gasteiger partial charge in [0.1, 0.15) is 0 Å². The van der Waals surface area contributed by atoms with Gasteiger partial charge >= 0.3 is 6.03 Å². The van der Waals surface area contributed by atoms with Gasteiger partial charge in [0.2, 0.25) is 0 Å². The first-order valence-electron chi connectivity index (χ1n) is 7.68. The molecular weight excluding hydrogens is 282 g/mol. The van der Waals surface area contributed by atoms with Gasteiger partial charge in [-0.1, -0.05) is 6.07 Å². The van der Waals surface area contributed by atoms with Gasteiger partial charge in [0.25, 0.3) is 0 Å². The van der Waals surface area contributed by atoms with Gasteiger partial charge in [-0.25, -0.2) is 4.79 Å². The molecule has 2 aromatic rings. The molecule has 7 nitrogen and oxygen atoms in total. The highest BCUT2D eigenvalue weighted by molar-refractivity contribution is 5.74. The number of carbonyl (C=O) groups excluding carboxylic acids is 1. The maximum absolute atomic E-state index is 12.1. The van der Waals surface area contributed by atoms with Crippen molar-refractivity contribution in [1.82, 2.24) is 25.2 Å². The summed E-state index contributed by atoms with van der Waals surface area (Å²) < 4.78 is 1.86. The van der Waals surface area contributed by atoms with Crippen molar-refractivity contribution >= 4 is 11.7 Å². The van der Waals surface area contributed by atoms with E-state index in [0.29, 0.717) is 5.82 Å². The minimum Gasteiger partial charge on any atom is -0.393 e. The maximum Gasteiger partial charge on any atom is 0.315 e. The van der Waals surface area contributed by atoms with E-state index in [9.17, 15) is 9.90 Å². The average Bonchev–Trinajstić information content (AvgIpc) is 2.93. The molecule has 0 aliphatic heterocycles. The van der Waals surface area contributed by atoms with Crippen molar-refractivity contribution in [3.8, 4) is 0 Å². The van der Waals surface area contributed by atoms with Crippen molar-refractivity contribution in [2.75, 3.05) is 0 Å². The molecule has 1 unspecified atom stereocenters. The number of carbonyl (C=O) groups is 1. The summed E-state index contributed by atoms with van der Waals surface area (Å²) in [4.78, 5) is 12.1. The van der Waals surface area contributed by atoms with E-state index in [0.717, 1.165) is 31.3 Å². The molecule has 1 atom stereocenters. The highest BCUT2D eigenvalue weighted by Crippen LogP contribution is 2.18. The zero-order chi connectivity index (χ0) is 15.5. The second-order valence-corrected chi connectivity index (χ2v) is 5.83. The van der Waals surface area contributed by atoms with E-state index in [4.69, 9.17) is 0 Å². The molecule has 1 aliphatic carbocycles. The van der Waals surface area contributed by atoms with Crippen LogP contribution in [0.2, 0.25) is 0 Å². The van der Waals surface area contributed by atoms with E-state index >= 15 is 0 Å². The minimum atomic E-state index is -0.244. The quantitative estimate of drug-likeness (QED) is 0.799. The predicted molar refractivity (Wildman–Crippen MR) is 81.3 cm³/mol. The van der Waals surface area contributed by atoms with Crippen LogP contribution in [0.1, 0.15) is 44.5 Å². The zero-order valence-corrected chi connectivity index (χ0v) is 12.6. The van der Waals surface area contributed by atoms with Crippen LogP contribution in [0.3, 0.4) is 0 Å². The standard InChI is InChI=1S/C15H21N5O2/c1-10(14-19-18-13-4-2-3-9-20(13)14)16-15(22)17-11-5-7-12(21)8-6-11/h2-4,9-12,21H,5-8H2,1H3,(H2,16,17,22). The number of fused-ring (bicyclic) bond motifs is 1. The number of aliphatic hydroxyl groups is 1. The van der Waals surface area contributed by atoms with Gasteiger partial charge in [-0.05, 0) is 44.7 Å². The van der Waals surface area contributed by atoms with E-state index in [1.165, 1.54) is 0 Å². The summed E-state index contributed by atoms with van der Waals surface area (Å²) in [5.41, 5.74) is 0.757. The normalized spacial score (nSPS) is 23.2. The third-order valence-corrected chi connectivity index (χ3v) is 4.11. The van der Waals surface area contributed by atoms with E-state index in [2.05, 4.69) is 20.8 Å². The molecule has 2 heterocycles. The van der Waals surface area contributed by atoms with E-state index < -0.39 is 0 Å². The second-order valence-electron chi connectivity index (χ2n) is 5.83. The highest BCUT2D eigenvalue weighted by Gasteiger charge is 2.22. The summed E-state index contributed by atoms with van der Waals surface area (Å²) >= 11 is 0. The molecule has 0 saturated heterocycles. The largest absolute Gasteiger partial charge is 0.393 e. The Labute approximate surface area is 128 Å². The van der Waals surface area contributed by atoms with Crippen molar-refractivity contribution < 1.29 is 9.90 Å². The van der Waals surface area contributed by atoms with Gasteiger partial charge in [0.05, 0.1) is 12.1 Å². The summed E-state index contributed by atoms with van der Waals surface area (Å²) in [5.74, 6) is 0.699. The number of nitrogens with one attached hydrogen (secondary N) is 2. The number of hydrogen-bond donors (Lipinski definition) is 3. The number of amides is 2. The van der Waals surface area contributed by atoms with Crippen LogP contribution in [0.15, 0.2) is 24.4 Å². The Balaban J connectivity index is 1.59. The summed E-state index contributed by atoms with van der Waals surface area (Å²) in [6.07, 6.45) is 4.78. The number of nitrogens with zero attached hydrogens (tertiary/aromatic N) is 3. The topological polar surface area (TPSA) is 91.5 Å². The number of aliphatic hydroxyl groups excluding tert-OH is 1. The molecule has 3 rings (SSSR count). The number of aromatic nitrogens is 3. The van der Waals surface area contributed by atoms with Crippen molar-refractivity contribution in [2.45, 2.75) is 50.8 Å². The Kier molecular flexibility index (Phi) is 4.24. The highest BCUT2D eigenvalue weighted by atomic mass is 16.3. The van der Waals surface area contributed by atoms with Crippen molar-refractivity contribution in [3.05, 3.63) is 30.2 Å². The molecule has 22 heavy (non-hydrogen) atoms. The van der Waals surface area contributed by atoms with Crippen LogP contribution in [0.5, 0.6) is 0 Å². The van der Waals surface area contributed by atoms with Crippen LogP contribution >= 0.6 is 0 Å². The van der Waals surface area contributed by atoms with Gasteiger partial charge in [-0.15, -0.1) is 10.2 Å². The van der Waals surface area contributed by atoms with E-state index in [1.54, 1.807) is 0 Å². The molecule has 0 aromatic carbocycles. The van der Waals surface area contributed by atoms with Gasteiger partial charge in [-0.2, -0.15) is 0 Å². The fourth-order valence-electron chi connectivity index (χ4n) is 2.86. The van der Waals surface area contributed by atoms with Crippen molar-refractivity contribution in [1.29, 1.82) is 0 Å². The van der Waals surface area contributed by atoms with Gasteiger partial charge < -0.3 is 15.7 Å². The summed E-state index contributed by atoms with van der Waals surface area (Å²) in [5, 5.41) is 23.6. The van der Waals surface area contributed by atoms with Crippen LogP contribution < -0.4 is 10.6 Å². The number of pyridine rings is 1. The third-order valence-electron chi connectivity index (χ3n) is 4.11. The van der Waals surface area contributed by atoms with Crippen LogP contribution in [0.25, 0.3) is 5.65 Å². The Bertz CT molecular complexity index is 648. The van der Waals surface area contributed by atoms with Crippen LogP contribution in [0, 0.1) is 0 Å². The summed E-state index contributed by atoms with van der Waals surface area (Å²) in [7, 11) is 0. The molecule has 118 valence electrons. The molecule has 2 aromatic heterocycles. The lowest BCUT2D eigenvalue weighted by Gasteiger charge is -2.26. The molecule has 0 radical (unpaired) electrons. The Morgan fingerprint density at radius 1 is 1.32 bits per heavy atom. The Hall–Kier alpha value is -2.15. The van der Waals surface area contributed by atoms with Crippen LogP contribution in [-0.2, 0) is 0 Å². The van der Waals surface area contributed by atoms with E-state index in [-0.39, 0.29) is 24.2 Å². The first-order chi connectivity index (χ1) is 10.6. The second kappa shape index (κ2) is 6.31. The number of rotatable bonds is 3. The lowest BCUT2D eigenvalue weighted by molar-refractivity contribution is 0.117. The lowest BCUT2D eigenvalue weighted by atomic mass is 9.93. The summed E-state index contributed by atoms with van der Waals surface area (Å²) in [6.45, 7) is 1.88. The smallest absolute Gasteiger partial charge is 0.315 e. The van der Waals surface area contributed by atoms with Gasteiger partial charge in [0.15, 0.2) is 11.5 Å². The molecule has 7 heteroatoms. The number of urea groups is 1. The van der Waals surface area contributed by atoms with Gasteiger partial charge in [-0.3, -0.25) is 4.40 Å². The van der Waals surface area contributed by atoms with Crippen molar-refractivity contribution in [2.24, 2.45) is 0 Å². The summed E-state index contributed by atoms with van der Waals surface area (Å²) in [6, 6.07) is 5.35. The Morgan fingerprint density at radius 3 is 2.86 bits per heavy atom. The minimum absolute atomic E-state index is 0.130. The van der Waals surface area contributed by atoms with Crippen LogP contribution in [-0.4, -0.2) is 37.9 Å². The first kappa shape index (κ1) is 14.8. The number of hydrogen-bond acceptors (Lipinski definition) is 4. The SMILES string of the molecule is CC(NC(=O)NC1CCC(O)CC1)c1nnc2ccccn12. The van der Waals surface area contributed by atoms with Crippen molar-refractivity contribution in [3.63, 3.8) is 0 Å². The average molecular weight is 303 g/mol. The lowest BCUT2D eigenvalue weighted by Crippen LogP contribution is -2.45. The molecule has 3 N–H and O–H groups in total. The zero-order valence-electron chi connectivity index (χ0n) is 12.6. The van der Waals surface area contributed by atoms with Crippen LogP contribution in [0.4, 0.5) is 4.79 Å². The Morgan fingerprint density at radius 2 is 2.09 bits per heavy atom. The molecule has 0 spiro atoms. The van der Waals surface area contributed by atoms with E-state index in [1.807, 2.05) is 35.7 Å². The third kappa shape index (κ3) is 3.19. The fourth-order valence-corrected chi connectivity index (χ4v) is 2.86. The predicted octanol–water partition coefficient (Wildman–Crippen LogP) is 1.39. The molecular formula is C15H21N5O2. The fraction of sp³-hybridized carbons (Fsp3) is 0.533.